The van der Waals surface area contributed by atoms with Crippen LogP contribution in [0.15, 0.2) is 36.5 Å². The summed E-state index contributed by atoms with van der Waals surface area (Å²) < 4.78 is 2.13. The molecule has 80 valence electrons. The van der Waals surface area contributed by atoms with Gasteiger partial charge in [0, 0.05) is 16.8 Å². The molecule has 2 nitrogen and oxygen atoms in total. The van der Waals surface area contributed by atoms with E-state index in [1.165, 1.54) is 15.4 Å². The number of nitrogens with zero attached hydrogens (tertiary/aromatic N) is 2. The number of fused-ring (bicyclic) bond motifs is 1. The molecule has 0 radical (unpaired) electrons. The van der Waals surface area contributed by atoms with Crippen molar-refractivity contribution in [2.45, 2.75) is 13.8 Å². The van der Waals surface area contributed by atoms with Gasteiger partial charge in [0.15, 0.2) is 0 Å². The topological polar surface area (TPSA) is 17.3 Å². The summed E-state index contributed by atoms with van der Waals surface area (Å²) in [6.45, 7) is 4.22. The van der Waals surface area contributed by atoms with E-state index < -0.39 is 0 Å². The molecular formula is C13H12N2S. The maximum Gasteiger partial charge on any atom is 0.137 e. The second-order valence-electron chi connectivity index (χ2n) is 3.93. The number of imidazole rings is 1. The van der Waals surface area contributed by atoms with E-state index in [1.807, 2.05) is 12.1 Å². The highest BCUT2D eigenvalue weighted by atomic mass is 32.1. The van der Waals surface area contributed by atoms with Crippen LogP contribution in [0.3, 0.4) is 0 Å². The molecule has 0 aliphatic carbocycles. The van der Waals surface area contributed by atoms with Crippen LogP contribution < -0.4 is 0 Å². The summed E-state index contributed by atoms with van der Waals surface area (Å²) in [6, 6.07) is 10.4. The van der Waals surface area contributed by atoms with Gasteiger partial charge in [0.05, 0.1) is 10.6 Å². The smallest absolute Gasteiger partial charge is 0.137 e. The lowest BCUT2D eigenvalue weighted by atomic mass is 10.3. The lowest BCUT2D eigenvalue weighted by molar-refractivity contribution is 1.09. The van der Waals surface area contributed by atoms with Gasteiger partial charge in [-0.3, -0.25) is 0 Å². The average Bonchev–Trinajstić information content (AvgIpc) is 2.84. The van der Waals surface area contributed by atoms with Gasteiger partial charge in [0.2, 0.25) is 0 Å². The molecule has 0 amide bonds. The van der Waals surface area contributed by atoms with Gasteiger partial charge in [-0.05, 0) is 38.1 Å². The first kappa shape index (κ1) is 9.60. The van der Waals surface area contributed by atoms with Gasteiger partial charge in [-0.15, -0.1) is 11.3 Å². The van der Waals surface area contributed by atoms with Crippen molar-refractivity contribution >= 4 is 17.0 Å². The molecule has 0 aliphatic rings. The number of aromatic nitrogens is 2. The van der Waals surface area contributed by atoms with Crippen LogP contribution in [0.1, 0.15) is 10.6 Å². The largest absolute Gasteiger partial charge is 0.304 e. The van der Waals surface area contributed by atoms with Crippen LogP contribution in [0.25, 0.3) is 16.2 Å². The summed E-state index contributed by atoms with van der Waals surface area (Å²) in [5.74, 6) is 0. The molecule has 0 saturated heterocycles. The molecule has 3 aromatic rings. The summed E-state index contributed by atoms with van der Waals surface area (Å²) in [4.78, 5) is 7.19. The molecule has 16 heavy (non-hydrogen) atoms. The van der Waals surface area contributed by atoms with Gasteiger partial charge in [0.1, 0.15) is 5.65 Å². The first-order chi connectivity index (χ1) is 7.74. The Kier molecular flexibility index (Phi) is 2.07. The van der Waals surface area contributed by atoms with Crippen molar-refractivity contribution in [3.8, 4) is 10.6 Å². The minimum Gasteiger partial charge on any atom is -0.304 e. The predicted molar refractivity (Wildman–Crippen MR) is 68.0 cm³/mol. The van der Waals surface area contributed by atoms with Gasteiger partial charge in [-0.1, -0.05) is 6.07 Å². The van der Waals surface area contributed by atoms with Crippen molar-refractivity contribution in [3.63, 3.8) is 0 Å². The molecule has 3 heterocycles. The van der Waals surface area contributed by atoms with Crippen LogP contribution in [0.4, 0.5) is 0 Å². The number of hydrogen-bond donors (Lipinski definition) is 0. The van der Waals surface area contributed by atoms with Crippen LogP contribution in [0, 0.1) is 13.8 Å². The molecule has 0 fully saturated rings. The Hall–Kier alpha value is -1.61. The molecule has 3 rings (SSSR count). The van der Waals surface area contributed by atoms with E-state index in [-0.39, 0.29) is 0 Å². The van der Waals surface area contributed by atoms with Crippen molar-refractivity contribution in [1.82, 2.24) is 9.38 Å². The Bertz CT molecular complexity index is 649. The highest BCUT2D eigenvalue weighted by molar-refractivity contribution is 7.15. The zero-order valence-corrected chi connectivity index (χ0v) is 10.1. The fraction of sp³-hybridized carbons (Fsp3) is 0.154. The highest BCUT2D eigenvalue weighted by Gasteiger charge is 2.06. The number of aryl methyl sites for hydroxylation is 2. The Morgan fingerprint density at radius 3 is 2.69 bits per heavy atom. The van der Waals surface area contributed by atoms with Crippen molar-refractivity contribution in [3.05, 3.63) is 47.1 Å². The lowest BCUT2D eigenvalue weighted by Gasteiger charge is -1.95. The SMILES string of the molecule is Cc1ccc(-c2cn3c(C)cccc3n2)s1. The summed E-state index contributed by atoms with van der Waals surface area (Å²) in [7, 11) is 0. The Balaban J connectivity index is 2.22. The lowest BCUT2D eigenvalue weighted by Crippen LogP contribution is -1.86. The van der Waals surface area contributed by atoms with E-state index in [0.29, 0.717) is 0 Å². The van der Waals surface area contributed by atoms with Crippen LogP contribution in [0.5, 0.6) is 0 Å². The molecule has 0 aliphatic heterocycles. The highest BCUT2D eigenvalue weighted by Crippen LogP contribution is 2.27. The Morgan fingerprint density at radius 1 is 1.12 bits per heavy atom. The van der Waals surface area contributed by atoms with Gasteiger partial charge < -0.3 is 4.40 Å². The maximum atomic E-state index is 4.63. The third kappa shape index (κ3) is 1.44. The third-order valence-corrected chi connectivity index (χ3v) is 3.71. The van der Waals surface area contributed by atoms with E-state index >= 15 is 0 Å². The molecule has 0 N–H and O–H groups in total. The normalized spacial score (nSPS) is 11.1. The third-order valence-electron chi connectivity index (χ3n) is 2.69. The molecule has 0 spiro atoms. The number of hydrogen-bond acceptors (Lipinski definition) is 2. The molecule has 3 heteroatoms. The predicted octanol–water partition coefficient (Wildman–Crippen LogP) is 3.68. The number of thiophene rings is 1. The summed E-state index contributed by atoms with van der Waals surface area (Å²) in [6.07, 6.45) is 2.11. The van der Waals surface area contributed by atoms with Crippen molar-refractivity contribution < 1.29 is 0 Å². The van der Waals surface area contributed by atoms with Crippen molar-refractivity contribution in [1.29, 1.82) is 0 Å². The van der Waals surface area contributed by atoms with Crippen LogP contribution in [-0.2, 0) is 0 Å². The second-order valence-corrected chi connectivity index (χ2v) is 5.22. The Morgan fingerprint density at radius 2 is 2.00 bits per heavy atom. The molecule has 0 aromatic carbocycles. The molecule has 0 atom stereocenters. The van der Waals surface area contributed by atoms with E-state index in [2.05, 4.69) is 47.6 Å². The van der Waals surface area contributed by atoms with Gasteiger partial charge in [-0.2, -0.15) is 0 Å². The minimum atomic E-state index is 1.01. The maximum absolute atomic E-state index is 4.63. The molecule has 0 bridgehead atoms. The van der Waals surface area contributed by atoms with Gasteiger partial charge >= 0.3 is 0 Å². The van der Waals surface area contributed by atoms with Gasteiger partial charge in [0.25, 0.3) is 0 Å². The fourth-order valence-corrected chi connectivity index (χ4v) is 2.66. The van der Waals surface area contributed by atoms with Crippen LogP contribution in [-0.4, -0.2) is 9.38 Å². The second kappa shape index (κ2) is 3.46. The molecular weight excluding hydrogens is 216 g/mol. The van der Waals surface area contributed by atoms with E-state index in [1.54, 1.807) is 11.3 Å². The summed E-state index contributed by atoms with van der Waals surface area (Å²) >= 11 is 1.79. The number of rotatable bonds is 1. The summed E-state index contributed by atoms with van der Waals surface area (Å²) in [5, 5.41) is 0. The quantitative estimate of drug-likeness (QED) is 0.621. The zero-order chi connectivity index (χ0) is 11.1. The van der Waals surface area contributed by atoms with E-state index in [9.17, 15) is 0 Å². The fourth-order valence-electron chi connectivity index (χ4n) is 1.84. The van der Waals surface area contributed by atoms with Crippen molar-refractivity contribution in [2.24, 2.45) is 0 Å². The standard InChI is InChI=1S/C13H12N2S/c1-9-4-3-5-13-14-11(8-15(9)13)12-7-6-10(2)16-12/h3-8H,1-2H3. The summed E-state index contributed by atoms with van der Waals surface area (Å²) in [5.41, 5.74) is 3.29. The van der Waals surface area contributed by atoms with Crippen LogP contribution >= 0.6 is 11.3 Å². The van der Waals surface area contributed by atoms with E-state index in [4.69, 9.17) is 0 Å². The van der Waals surface area contributed by atoms with Crippen molar-refractivity contribution in [2.75, 3.05) is 0 Å². The van der Waals surface area contributed by atoms with Gasteiger partial charge in [-0.25, -0.2) is 4.98 Å². The first-order valence-electron chi connectivity index (χ1n) is 5.25. The first-order valence-corrected chi connectivity index (χ1v) is 6.07. The molecule has 0 saturated carbocycles. The van der Waals surface area contributed by atoms with Crippen LogP contribution in [0.2, 0.25) is 0 Å². The number of pyridine rings is 1. The zero-order valence-electron chi connectivity index (χ0n) is 9.27. The molecule has 0 unspecified atom stereocenters. The Labute approximate surface area is 98.2 Å². The average molecular weight is 228 g/mol. The monoisotopic (exact) mass is 228 g/mol. The minimum absolute atomic E-state index is 1.01. The molecule has 3 aromatic heterocycles. The van der Waals surface area contributed by atoms with E-state index in [0.717, 1.165) is 11.3 Å².